The van der Waals surface area contributed by atoms with Gasteiger partial charge in [0.15, 0.2) is 0 Å². The fourth-order valence-corrected chi connectivity index (χ4v) is 4.65. The molecular weight excluding hydrogens is 248 g/mol. The van der Waals surface area contributed by atoms with E-state index in [1.54, 1.807) is 4.31 Å². The van der Waals surface area contributed by atoms with Crippen LogP contribution in [0.25, 0.3) is 0 Å². The summed E-state index contributed by atoms with van der Waals surface area (Å²) in [6.45, 7) is 7.39. The van der Waals surface area contributed by atoms with Crippen LogP contribution in [-0.2, 0) is 10.2 Å². The Hall–Kier alpha value is 0.160. The monoisotopic (exact) mass is 268 g/mol. The molecule has 0 amide bonds. The molecule has 1 aliphatic heterocycles. The van der Waals surface area contributed by atoms with Gasteiger partial charge in [0.2, 0.25) is 0 Å². The van der Waals surface area contributed by atoms with Gasteiger partial charge < -0.3 is 0 Å². The molecule has 0 aliphatic carbocycles. The molecule has 1 aliphatic rings. The molecule has 16 heavy (non-hydrogen) atoms. The maximum absolute atomic E-state index is 12.3. The Kier molecular flexibility index (Phi) is 5.04. The first-order valence-electron chi connectivity index (χ1n) is 5.81. The summed E-state index contributed by atoms with van der Waals surface area (Å²) in [4.78, 5) is 0. The summed E-state index contributed by atoms with van der Waals surface area (Å²) in [5.74, 6) is 0.727. The molecule has 0 radical (unpaired) electrons. The van der Waals surface area contributed by atoms with Crippen molar-refractivity contribution in [3.05, 3.63) is 0 Å². The van der Waals surface area contributed by atoms with Crippen LogP contribution in [0.2, 0.25) is 0 Å². The van der Waals surface area contributed by atoms with Crippen LogP contribution in [0.4, 0.5) is 0 Å². The quantitative estimate of drug-likeness (QED) is 0.710. The van der Waals surface area contributed by atoms with E-state index in [9.17, 15) is 8.42 Å². The first-order valence-corrected chi connectivity index (χ1v) is 7.75. The molecule has 2 unspecified atom stereocenters. The van der Waals surface area contributed by atoms with E-state index in [-0.39, 0.29) is 6.04 Å². The summed E-state index contributed by atoms with van der Waals surface area (Å²) in [5.41, 5.74) is 0. The van der Waals surface area contributed by atoms with E-state index in [2.05, 4.69) is 6.92 Å². The molecular formula is C10H21ClN2O2S. The Balaban J connectivity index is 2.91. The predicted octanol–water partition coefficient (Wildman–Crippen LogP) is 1.52. The van der Waals surface area contributed by atoms with Gasteiger partial charge in [-0.05, 0) is 12.3 Å². The second kappa shape index (κ2) is 5.67. The zero-order valence-corrected chi connectivity index (χ0v) is 11.8. The van der Waals surface area contributed by atoms with E-state index in [1.807, 2.05) is 13.8 Å². The first kappa shape index (κ1) is 14.2. The molecule has 2 atom stereocenters. The van der Waals surface area contributed by atoms with E-state index in [4.69, 9.17) is 11.6 Å². The second-order valence-electron chi connectivity index (χ2n) is 4.19. The van der Waals surface area contributed by atoms with Crippen molar-refractivity contribution in [2.24, 2.45) is 5.92 Å². The van der Waals surface area contributed by atoms with Crippen molar-refractivity contribution in [3.63, 3.8) is 0 Å². The zero-order chi connectivity index (χ0) is 12.3. The van der Waals surface area contributed by atoms with Crippen molar-refractivity contribution in [1.82, 2.24) is 8.61 Å². The molecule has 96 valence electrons. The highest BCUT2D eigenvalue weighted by atomic mass is 35.5. The predicted molar refractivity (Wildman–Crippen MR) is 66.8 cm³/mol. The Bertz CT molecular complexity index is 317. The van der Waals surface area contributed by atoms with Crippen molar-refractivity contribution in [1.29, 1.82) is 0 Å². The number of nitrogens with zero attached hydrogens (tertiary/aromatic N) is 2. The topological polar surface area (TPSA) is 40.6 Å². The van der Waals surface area contributed by atoms with Gasteiger partial charge in [0.1, 0.15) is 0 Å². The molecule has 0 saturated carbocycles. The van der Waals surface area contributed by atoms with Crippen molar-refractivity contribution in [2.45, 2.75) is 33.2 Å². The fourth-order valence-electron chi connectivity index (χ4n) is 2.19. The lowest BCUT2D eigenvalue weighted by Gasteiger charge is -2.29. The maximum atomic E-state index is 12.3. The molecule has 0 aromatic rings. The summed E-state index contributed by atoms with van der Waals surface area (Å²) < 4.78 is 27.7. The van der Waals surface area contributed by atoms with Crippen LogP contribution in [0.3, 0.4) is 0 Å². The van der Waals surface area contributed by atoms with Gasteiger partial charge in [0, 0.05) is 31.6 Å². The van der Waals surface area contributed by atoms with E-state index >= 15 is 0 Å². The highest BCUT2D eigenvalue weighted by Gasteiger charge is 2.40. The third kappa shape index (κ3) is 2.53. The van der Waals surface area contributed by atoms with E-state index in [1.165, 1.54) is 4.31 Å². The Morgan fingerprint density at radius 3 is 2.38 bits per heavy atom. The largest absolute Gasteiger partial charge is 0.282 e. The lowest BCUT2D eigenvalue weighted by Crippen LogP contribution is -2.47. The van der Waals surface area contributed by atoms with Crippen molar-refractivity contribution in [2.75, 3.05) is 25.5 Å². The van der Waals surface area contributed by atoms with Crippen LogP contribution in [-0.4, -0.2) is 48.6 Å². The van der Waals surface area contributed by atoms with E-state index in [0.29, 0.717) is 31.4 Å². The summed E-state index contributed by atoms with van der Waals surface area (Å²) in [6, 6.07) is -0.0488. The third-order valence-corrected chi connectivity index (χ3v) is 5.85. The number of alkyl halides is 1. The van der Waals surface area contributed by atoms with Gasteiger partial charge in [-0.3, -0.25) is 0 Å². The number of hydrogen-bond donors (Lipinski definition) is 0. The molecule has 0 bridgehead atoms. The second-order valence-corrected chi connectivity index (χ2v) is 6.38. The molecule has 0 spiro atoms. The van der Waals surface area contributed by atoms with E-state index in [0.717, 1.165) is 6.42 Å². The summed E-state index contributed by atoms with van der Waals surface area (Å²) in [6.07, 6.45) is 0.901. The average molecular weight is 269 g/mol. The van der Waals surface area contributed by atoms with Crippen LogP contribution < -0.4 is 0 Å². The number of hydrogen-bond acceptors (Lipinski definition) is 2. The van der Waals surface area contributed by atoms with Crippen LogP contribution in [0.15, 0.2) is 0 Å². The molecule has 1 saturated heterocycles. The van der Waals surface area contributed by atoms with Crippen molar-refractivity contribution >= 4 is 21.8 Å². The molecule has 0 N–H and O–H groups in total. The molecule has 0 aromatic carbocycles. The van der Waals surface area contributed by atoms with Gasteiger partial charge >= 0.3 is 0 Å². The van der Waals surface area contributed by atoms with E-state index < -0.39 is 10.2 Å². The molecule has 1 fully saturated rings. The van der Waals surface area contributed by atoms with Gasteiger partial charge in [-0.25, -0.2) is 0 Å². The van der Waals surface area contributed by atoms with Crippen molar-refractivity contribution in [3.8, 4) is 0 Å². The molecule has 4 nitrogen and oxygen atoms in total. The molecule has 0 aromatic heterocycles. The number of halogens is 1. The Labute approximate surface area is 104 Å². The third-order valence-electron chi connectivity index (χ3n) is 3.32. The lowest BCUT2D eigenvalue weighted by molar-refractivity contribution is 0.329. The maximum Gasteiger partial charge on any atom is 0.282 e. The van der Waals surface area contributed by atoms with Gasteiger partial charge in [-0.2, -0.15) is 17.0 Å². The van der Waals surface area contributed by atoms with Crippen LogP contribution in [0, 0.1) is 5.92 Å². The van der Waals surface area contributed by atoms with Gasteiger partial charge in [-0.1, -0.05) is 20.8 Å². The van der Waals surface area contributed by atoms with Crippen molar-refractivity contribution < 1.29 is 8.42 Å². The SMILES string of the molecule is CCN(CC)S(=O)(=O)N1CCC(C)C1CCl. The minimum atomic E-state index is -3.31. The highest BCUT2D eigenvalue weighted by Crippen LogP contribution is 2.28. The van der Waals surface area contributed by atoms with Crippen LogP contribution in [0.1, 0.15) is 27.2 Å². The summed E-state index contributed by atoms with van der Waals surface area (Å²) in [5, 5.41) is 0. The molecule has 1 rings (SSSR count). The smallest absolute Gasteiger partial charge is 0.195 e. The lowest BCUT2D eigenvalue weighted by atomic mass is 10.1. The fraction of sp³-hybridized carbons (Fsp3) is 1.00. The standard InChI is InChI=1S/C10H21ClN2O2S/c1-4-12(5-2)16(14,15)13-7-6-9(3)10(13)8-11/h9-10H,4-8H2,1-3H3. The minimum absolute atomic E-state index is 0.0488. The van der Waals surface area contributed by atoms with Crippen LogP contribution in [0.5, 0.6) is 0 Å². The van der Waals surface area contributed by atoms with Crippen LogP contribution >= 0.6 is 11.6 Å². The van der Waals surface area contributed by atoms with Gasteiger partial charge in [0.25, 0.3) is 10.2 Å². The normalized spacial score (nSPS) is 27.8. The zero-order valence-electron chi connectivity index (χ0n) is 10.2. The summed E-state index contributed by atoms with van der Waals surface area (Å²) in [7, 11) is -3.31. The van der Waals surface area contributed by atoms with Gasteiger partial charge in [-0.15, -0.1) is 11.6 Å². The highest BCUT2D eigenvalue weighted by molar-refractivity contribution is 7.86. The summed E-state index contributed by atoms with van der Waals surface area (Å²) >= 11 is 5.87. The Morgan fingerprint density at radius 2 is 1.94 bits per heavy atom. The number of rotatable bonds is 5. The average Bonchev–Trinajstić information content (AvgIpc) is 2.61. The molecule has 6 heteroatoms. The molecule has 1 heterocycles. The Morgan fingerprint density at radius 1 is 1.38 bits per heavy atom. The minimum Gasteiger partial charge on any atom is -0.195 e. The van der Waals surface area contributed by atoms with Gasteiger partial charge in [0.05, 0.1) is 0 Å². The first-order chi connectivity index (χ1) is 7.48.